The molecule has 6 nitrogen and oxygen atoms in total. The van der Waals surface area contributed by atoms with Crippen LogP contribution < -0.4 is 14.8 Å². The fraction of sp³-hybridized carbons (Fsp3) is 0.160. The third-order valence-corrected chi connectivity index (χ3v) is 5.00. The van der Waals surface area contributed by atoms with Crippen LogP contribution in [0.2, 0.25) is 5.02 Å². The number of carbonyl (C=O) groups excluding carboxylic acids is 1. The van der Waals surface area contributed by atoms with Crippen molar-refractivity contribution in [2.75, 3.05) is 6.54 Å². The van der Waals surface area contributed by atoms with Crippen molar-refractivity contribution >= 4 is 28.5 Å². The molecule has 1 amide bonds. The van der Waals surface area contributed by atoms with Gasteiger partial charge in [-0.3, -0.25) is 4.79 Å². The first-order valence-electron chi connectivity index (χ1n) is 10.3. The molecule has 3 aromatic carbocycles. The standard InChI is InChI=1S/C25H22ClN3O3/c1-17(25(30)27-14-13-18-5-3-2-4-6-18)31-20-8-10-21(11-9-20)32-24-16-28-23-15-19(26)7-12-22(23)29-24/h2-12,15-17H,13-14H2,1H3,(H,27,30)/t17-/m1/s1. The second-order valence-electron chi connectivity index (χ2n) is 7.20. The first kappa shape index (κ1) is 21.6. The molecule has 32 heavy (non-hydrogen) atoms. The number of halogens is 1. The first-order valence-corrected chi connectivity index (χ1v) is 10.6. The molecule has 0 saturated carbocycles. The highest BCUT2D eigenvalue weighted by Crippen LogP contribution is 2.24. The van der Waals surface area contributed by atoms with Gasteiger partial charge in [-0.1, -0.05) is 41.9 Å². The van der Waals surface area contributed by atoms with E-state index in [1.807, 2.05) is 30.3 Å². The maximum Gasteiger partial charge on any atom is 0.260 e. The highest BCUT2D eigenvalue weighted by atomic mass is 35.5. The molecule has 4 aromatic rings. The Balaban J connectivity index is 1.29. The van der Waals surface area contributed by atoms with E-state index in [-0.39, 0.29) is 5.91 Å². The van der Waals surface area contributed by atoms with Gasteiger partial charge in [-0.25, -0.2) is 9.97 Å². The van der Waals surface area contributed by atoms with Gasteiger partial charge in [0.1, 0.15) is 11.5 Å². The predicted molar refractivity (Wildman–Crippen MR) is 124 cm³/mol. The number of ether oxygens (including phenoxy) is 2. The maximum atomic E-state index is 12.3. The molecule has 1 atom stereocenters. The van der Waals surface area contributed by atoms with Crippen LogP contribution in [0, 0.1) is 0 Å². The van der Waals surface area contributed by atoms with Gasteiger partial charge in [-0.15, -0.1) is 0 Å². The SMILES string of the molecule is C[C@@H](Oc1ccc(Oc2cnc3cc(Cl)ccc3n2)cc1)C(=O)NCCc1ccccc1. The lowest BCUT2D eigenvalue weighted by Crippen LogP contribution is -2.37. The Morgan fingerprint density at radius 3 is 2.53 bits per heavy atom. The van der Waals surface area contributed by atoms with Gasteiger partial charge < -0.3 is 14.8 Å². The molecular formula is C25H22ClN3O3. The van der Waals surface area contributed by atoms with Gasteiger partial charge in [0.05, 0.1) is 17.2 Å². The van der Waals surface area contributed by atoms with Gasteiger partial charge in [0, 0.05) is 11.6 Å². The number of hydrogen-bond donors (Lipinski definition) is 1. The second kappa shape index (κ2) is 10.1. The summed E-state index contributed by atoms with van der Waals surface area (Å²) in [7, 11) is 0. The summed E-state index contributed by atoms with van der Waals surface area (Å²) in [5.74, 6) is 1.37. The lowest BCUT2D eigenvalue weighted by atomic mass is 10.1. The Kier molecular flexibility index (Phi) is 6.82. The summed E-state index contributed by atoms with van der Waals surface area (Å²) < 4.78 is 11.5. The van der Waals surface area contributed by atoms with E-state index in [4.69, 9.17) is 21.1 Å². The molecule has 0 radical (unpaired) electrons. The minimum Gasteiger partial charge on any atom is -0.481 e. The Labute approximate surface area is 191 Å². The van der Waals surface area contributed by atoms with Crippen molar-refractivity contribution in [1.29, 1.82) is 0 Å². The zero-order valence-electron chi connectivity index (χ0n) is 17.5. The molecule has 0 aliphatic carbocycles. The van der Waals surface area contributed by atoms with Crippen molar-refractivity contribution in [3.8, 4) is 17.4 Å². The Hall–Kier alpha value is -3.64. The van der Waals surface area contributed by atoms with Crippen LogP contribution in [0.25, 0.3) is 11.0 Å². The molecule has 0 spiro atoms. The highest BCUT2D eigenvalue weighted by Gasteiger charge is 2.14. The average molecular weight is 448 g/mol. The molecule has 0 bridgehead atoms. The van der Waals surface area contributed by atoms with E-state index in [1.165, 1.54) is 5.56 Å². The Morgan fingerprint density at radius 2 is 1.75 bits per heavy atom. The van der Waals surface area contributed by atoms with Crippen LogP contribution >= 0.6 is 11.6 Å². The van der Waals surface area contributed by atoms with E-state index >= 15 is 0 Å². The summed E-state index contributed by atoms with van der Waals surface area (Å²) in [5.41, 5.74) is 2.57. The minimum absolute atomic E-state index is 0.159. The smallest absolute Gasteiger partial charge is 0.260 e. The normalized spacial score (nSPS) is 11.7. The molecular weight excluding hydrogens is 426 g/mol. The third-order valence-electron chi connectivity index (χ3n) is 4.77. The van der Waals surface area contributed by atoms with Gasteiger partial charge in [-0.2, -0.15) is 0 Å². The van der Waals surface area contributed by atoms with E-state index in [1.54, 1.807) is 55.6 Å². The minimum atomic E-state index is -0.615. The van der Waals surface area contributed by atoms with Crippen molar-refractivity contribution in [2.24, 2.45) is 0 Å². The van der Waals surface area contributed by atoms with Gasteiger partial charge >= 0.3 is 0 Å². The second-order valence-corrected chi connectivity index (χ2v) is 7.64. The highest BCUT2D eigenvalue weighted by molar-refractivity contribution is 6.31. The molecule has 0 fully saturated rings. The maximum absolute atomic E-state index is 12.3. The number of amides is 1. The van der Waals surface area contributed by atoms with Crippen LogP contribution in [-0.2, 0) is 11.2 Å². The molecule has 0 aliphatic rings. The van der Waals surface area contributed by atoms with Gasteiger partial charge in [0.2, 0.25) is 5.88 Å². The quantitative estimate of drug-likeness (QED) is 0.401. The molecule has 162 valence electrons. The number of nitrogens with zero attached hydrogens (tertiary/aromatic N) is 2. The van der Waals surface area contributed by atoms with Crippen molar-refractivity contribution in [3.63, 3.8) is 0 Å². The van der Waals surface area contributed by atoms with Crippen LogP contribution in [0.15, 0.2) is 79.0 Å². The largest absolute Gasteiger partial charge is 0.481 e. The Bertz CT molecular complexity index is 1200. The number of rotatable bonds is 8. The van der Waals surface area contributed by atoms with Crippen LogP contribution in [0.4, 0.5) is 0 Å². The number of benzene rings is 3. The zero-order valence-corrected chi connectivity index (χ0v) is 18.3. The summed E-state index contributed by atoms with van der Waals surface area (Å²) in [6.45, 7) is 2.28. The topological polar surface area (TPSA) is 73.3 Å². The van der Waals surface area contributed by atoms with E-state index in [2.05, 4.69) is 15.3 Å². The number of carbonyl (C=O) groups is 1. The third kappa shape index (κ3) is 5.74. The molecule has 1 N–H and O–H groups in total. The fourth-order valence-corrected chi connectivity index (χ4v) is 3.27. The lowest BCUT2D eigenvalue weighted by molar-refractivity contribution is -0.127. The molecule has 0 unspecified atom stereocenters. The summed E-state index contributed by atoms with van der Waals surface area (Å²) in [6, 6.07) is 22.3. The summed E-state index contributed by atoms with van der Waals surface area (Å²) in [4.78, 5) is 21.0. The number of aromatic nitrogens is 2. The molecule has 4 rings (SSSR count). The summed E-state index contributed by atoms with van der Waals surface area (Å²) in [5, 5.41) is 3.51. The van der Waals surface area contributed by atoms with E-state index in [0.717, 1.165) is 6.42 Å². The van der Waals surface area contributed by atoms with E-state index in [9.17, 15) is 4.79 Å². The van der Waals surface area contributed by atoms with Crippen LogP contribution in [0.1, 0.15) is 12.5 Å². The molecule has 7 heteroatoms. The monoisotopic (exact) mass is 447 g/mol. The molecule has 0 aliphatic heterocycles. The number of nitrogens with one attached hydrogen (secondary N) is 1. The predicted octanol–water partition coefficient (Wildman–Crippen LogP) is 5.20. The summed E-state index contributed by atoms with van der Waals surface area (Å²) in [6.07, 6.45) is 1.71. The van der Waals surface area contributed by atoms with Crippen molar-refractivity contribution < 1.29 is 14.3 Å². The van der Waals surface area contributed by atoms with E-state index < -0.39 is 6.10 Å². The van der Waals surface area contributed by atoms with Crippen LogP contribution in [0.5, 0.6) is 17.4 Å². The van der Waals surface area contributed by atoms with Crippen molar-refractivity contribution in [3.05, 3.63) is 89.6 Å². The van der Waals surface area contributed by atoms with Crippen molar-refractivity contribution in [2.45, 2.75) is 19.4 Å². The van der Waals surface area contributed by atoms with Gasteiger partial charge in [-0.05, 0) is 61.4 Å². The first-order chi connectivity index (χ1) is 15.6. The van der Waals surface area contributed by atoms with Crippen molar-refractivity contribution in [1.82, 2.24) is 15.3 Å². The van der Waals surface area contributed by atoms with Crippen LogP contribution in [-0.4, -0.2) is 28.5 Å². The Morgan fingerprint density at radius 1 is 1.00 bits per heavy atom. The fourth-order valence-electron chi connectivity index (χ4n) is 3.10. The number of hydrogen-bond acceptors (Lipinski definition) is 5. The van der Waals surface area contributed by atoms with Gasteiger partial charge in [0.25, 0.3) is 5.91 Å². The average Bonchev–Trinajstić information content (AvgIpc) is 2.81. The molecule has 1 aromatic heterocycles. The van der Waals surface area contributed by atoms with Crippen LogP contribution in [0.3, 0.4) is 0 Å². The lowest BCUT2D eigenvalue weighted by Gasteiger charge is -2.15. The van der Waals surface area contributed by atoms with E-state index in [0.29, 0.717) is 40.0 Å². The molecule has 1 heterocycles. The van der Waals surface area contributed by atoms with Gasteiger partial charge in [0.15, 0.2) is 6.10 Å². The zero-order chi connectivity index (χ0) is 22.3. The summed E-state index contributed by atoms with van der Waals surface area (Å²) >= 11 is 5.97. The number of fused-ring (bicyclic) bond motifs is 1. The molecule has 0 saturated heterocycles.